The number of anilines is 1. The quantitative estimate of drug-likeness (QED) is 0.808. The van der Waals surface area contributed by atoms with Crippen molar-refractivity contribution in [3.63, 3.8) is 0 Å². The van der Waals surface area contributed by atoms with Crippen LogP contribution >= 0.6 is 0 Å². The molecular weight excluding hydrogens is 214 g/mol. The summed E-state index contributed by atoms with van der Waals surface area (Å²) in [7, 11) is 4.00. The highest BCUT2D eigenvalue weighted by atomic mass is 16.1. The van der Waals surface area contributed by atoms with E-state index >= 15 is 0 Å². The molecule has 0 fully saturated rings. The molecule has 1 aromatic rings. The molecular formula is C13H21N3O. The van der Waals surface area contributed by atoms with Gasteiger partial charge in [-0.15, -0.1) is 0 Å². The normalized spacial score (nSPS) is 12.5. The van der Waals surface area contributed by atoms with Crippen molar-refractivity contribution in [2.75, 3.05) is 26.0 Å². The Morgan fingerprint density at radius 3 is 2.65 bits per heavy atom. The van der Waals surface area contributed by atoms with Crippen molar-refractivity contribution in [2.24, 2.45) is 11.7 Å². The number of nitrogens with one attached hydrogen (secondary N) is 1. The highest BCUT2D eigenvalue weighted by Gasteiger charge is 2.12. The SMILES string of the molecule is CC(CN)C(=O)Nc1ccccc1CN(C)C. The number of nitrogens with zero attached hydrogens (tertiary/aromatic N) is 1. The number of rotatable bonds is 5. The van der Waals surface area contributed by atoms with E-state index in [1.54, 1.807) is 0 Å². The maximum Gasteiger partial charge on any atom is 0.228 e. The van der Waals surface area contributed by atoms with E-state index in [-0.39, 0.29) is 11.8 Å². The number of nitrogens with two attached hydrogens (primary N) is 1. The summed E-state index contributed by atoms with van der Waals surface area (Å²) in [6.45, 7) is 2.99. The summed E-state index contributed by atoms with van der Waals surface area (Å²) in [6.07, 6.45) is 0. The minimum absolute atomic E-state index is 0.0290. The topological polar surface area (TPSA) is 58.4 Å². The average molecular weight is 235 g/mol. The second kappa shape index (κ2) is 6.37. The predicted octanol–water partition coefficient (Wildman–Crippen LogP) is 1.28. The van der Waals surface area contributed by atoms with Gasteiger partial charge in [0.05, 0.1) is 0 Å². The third-order valence-electron chi connectivity index (χ3n) is 2.56. The van der Waals surface area contributed by atoms with Crippen LogP contribution in [0.15, 0.2) is 24.3 Å². The Labute approximate surface area is 103 Å². The molecule has 4 heteroatoms. The van der Waals surface area contributed by atoms with Gasteiger partial charge in [0, 0.05) is 24.7 Å². The first-order valence-electron chi connectivity index (χ1n) is 5.78. The molecule has 0 aliphatic carbocycles. The molecule has 0 aliphatic rings. The Bertz CT molecular complexity index is 377. The first-order chi connectivity index (χ1) is 8.04. The van der Waals surface area contributed by atoms with Crippen LogP contribution in [-0.4, -0.2) is 31.4 Å². The largest absolute Gasteiger partial charge is 0.330 e. The molecule has 1 unspecified atom stereocenters. The standard InChI is InChI=1S/C13H21N3O/c1-10(8-14)13(17)15-12-7-5-4-6-11(12)9-16(2)3/h4-7,10H,8-9,14H2,1-3H3,(H,15,17). The van der Waals surface area contributed by atoms with Crippen LogP contribution in [0.4, 0.5) is 5.69 Å². The fourth-order valence-corrected chi connectivity index (χ4v) is 1.48. The number of amides is 1. The number of para-hydroxylation sites is 1. The van der Waals surface area contributed by atoms with E-state index in [2.05, 4.69) is 10.2 Å². The maximum atomic E-state index is 11.8. The van der Waals surface area contributed by atoms with Gasteiger partial charge >= 0.3 is 0 Å². The lowest BCUT2D eigenvalue weighted by Gasteiger charge is -2.16. The molecule has 3 N–H and O–H groups in total. The van der Waals surface area contributed by atoms with E-state index in [4.69, 9.17) is 5.73 Å². The summed E-state index contributed by atoms with van der Waals surface area (Å²) in [6, 6.07) is 7.82. The lowest BCUT2D eigenvalue weighted by molar-refractivity contribution is -0.119. The van der Waals surface area contributed by atoms with Crippen molar-refractivity contribution in [3.8, 4) is 0 Å². The lowest BCUT2D eigenvalue weighted by atomic mass is 10.1. The van der Waals surface area contributed by atoms with Crippen molar-refractivity contribution in [1.82, 2.24) is 4.90 Å². The Kier molecular flexibility index (Phi) is 5.12. The van der Waals surface area contributed by atoms with Crippen LogP contribution in [0.2, 0.25) is 0 Å². The Balaban J connectivity index is 2.79. The monoisotopic (exact) mass is 235 g/mol. The molecule has 0 saturated heterocycles. The molecule has 1 amide bonds. The van der Waals surface area contributed by atoms with Gasteiger partial charge in [0.1, 0.15) is 0 Å². The molecule has 1 aromatic carbocycles. The first kappa shape index (κ1) is 13.7. The van der Waals surface area contributed by atoms with Gasteiger partial charge in [-0.25, -0.2) is 0 Å². The molecule has 1 rings (SSSR count). The third kappa shape index (κ3) is 4.17. The van der Waals surface area contributed by atoms with Gasteiger partial charge in [-0.2, -0.15) is 0 Å². The molecule has 4 nitrogen and oxygen atoms in total. The van der Waals surface area contributed by atoms with E-state index in [0.717, 1.165) is 17.8 Å². The van der Waals surface area contributed by atoms with Crippen molar-refractivity contribution in [2.45, 2.75) is 13.5 Å². The predicted molar refractivity (Wildman–Crippen MR) is 70.7 cm³/mol. The number of benzene rings is 1. The van der Waals surface area contributed by atoms with E-state index in [9.17, 15) is 4.79 Å². The highest BCUT2D eigenvalue weighted by molar-refractivity contribution is 5.93. The molecule has 0 bridgehead atoms. The van der Waals surface area contributed by atoms with Crippen LogP contribution in [0.3, 0.4) is 0 Å². The number of carbonyl (C=O) groups excluding carboxylic acids is 1. The summed E-state index contributed by atoms with van der Waals surface area (Å²) in [5, 5.41) is 2.92. The summed E-state index contributed by atoms with van der Waals surface area (Å²) in [5.74, 6) is -0.193. The molecule has 94 valence electrons. The van der Waals surface area contributed by atoms with Crippen molar-refractivity contribution < 1.29 is 4.79 Å². The zero-order valence-electron chi connectivity index (χ0n) is 10.7. The number of carbonyl (C=O) groups is 1. The Hall–Kier alpha value is -1.39. The second-order valence-electron chi connectivity index (χ2n) is 4.52. The van der Waals surface area contributed by atoms with Crippen molar-refractivity contribution in [3.05, 3.63) is 29.8 Å². The molecule has 0 heterocycles. The summed E-state index contributed by atoms with van der Waals surface area (Å²) in [5.41, 5.74) is 7.45. The zero-order valence-corrected chi connectivity index (χ0v) is 10.7. The molecule has 0 aliphatic heterocycles. The zero-order chi connectivity index (χ0) is 12.8. The smallest absolute Gasteiger partial charge is 0.228 e. The van der Waals surface area contributed by atoms with Crippen LogP contribution in [0.5, 0.6) is 0 Å². The van der Waals surface area contributed by atoms with Gasteiger partial charge in [-0.3, -0.25) is 4.79 Å². The maximum absolute atomic E-state index is 11.8. The molecule has 17 heavy (non-hydrogen) atoms. The lowest BCUT2D eigenvalue weighted by Crippen LogP contribution is -2.27. The van der Waals surface area contributed by atoms with Gasteiger partial charge < -0.3 is 16.0 Å². The van der Waals surface area contributed by atoms with Gasteiger partial charge in [0.15, 0.2) is 0 Å². The van der Waals surface area contributed by atoms with Gasteiger partial charge in [-0.05, 0) is 25.7 Å². The van der Waals surface area contributed by atoms with Crippen LogP contribution in [0.25, 0.3) is 0 Å². The number of hydrogen-bond acceptors (Lipinski definition) is 3. The average Bonchev–Trinajstić information content (AvgIpc) is 2.29. The minimum Gasteiger partial charge on any atom is -0.330 e. The van der Waals surface area contributed by atoms with E-state index < -0.39 is 0 Å². The Morgan fingerprint density at radius 2 is 2.06 bits per heavy atom. The molecule has 0 spiro atoms. The second-order valence-corrected chi connectivity index (χ2v) is 4.52. The summed E-state index contributed by atoms with van der Waals surface area (Å²) >= 11 is 0. The Morgan fingerprint density at radius 1 is 1.41 bits per heavy atom. The van der Waals surface area contributed by atoms with Gasteiger partial charge in [0.2, 0.25) is 5.91 Å². The van der Waals surface area contributed by atoms with Crippen LogP contribution in [-0.2, 0) is 11.3 Å². The fraction of sp³-hybridized carbons (Fsp3) is 0.462. The van der Waals surface area contributed by atoms with Gasteiger partial charge in [-0.1, -0.05) is 25.1 Å². The van der Waals surface area contributed by atoms with Crippen molar-refractivity contribution in [1.29, 1.82) is 0 Å². The fourth-order valence-electron chi connectivity index (χ4n) is 1.48. The molecule has 0 aromatic heterocycles. The third-order valence-corrected chi connectivity index (χ3v) is 2.56. The summed E-state index contributed by atoms with van der Waals surface area (Å²) < 4.78 is 0. The van der Waals surface area contributed by atoms with Crippen LogP contribution < -0.4 is 11.1 Å². The molecule has 1 atom stereocenters. The van der Waals surface area contributed by atoms with E-state index in [1.165, 1.54) is 0 Å². The van der Waals surface area contributed by atoms with Gasteiger partial charge in [0.25, 0.3) is 0 Å². The highest BCUT2D eigenvalue weighted by Crippen LogP contribution is 2.17. The van der Waals surface area contributed by atoms with Crippen molar-refractivity contribution >= 4 is 11.6 Å². The molecule has 0 saturated carbocycles. The van der Waals surface area contributed by atoms with Crippen LogP contribution in [0, 0.1) is 5.92 Å². The van der Waals surface area contributed by atoms with E-state index in [0.29, 0.717) is 6.54 Å². The summed E-state index contributed by atoms with van der Waals surface area (Å²) in [4.78, 5) is 13.8. The minimum atomic E-state index is -0.164. The first-order valence-corrected chi connectivity index (χ1v) is 5.78. The van der Waals surface area contributed by atoms with Crippen LogP contribution in [0.1, 0.15) is 12.5 Å². The molecule has 0 radical (unpaired) electrons. The van der Waals surface area contributed by atoms with E-state index in [1.807, 2.05) is 45.3 Å². The number of hydrogen-bond donors (Lipinski definition) is 2.